The molecule has 0 unspecified atom stereocenters. The van der Waals surface area contributed by atoms with Gasteiger partial charge in [0.1, 0.15) is 0 Å². The van der Waals surface area contributed by atoms with Crippen molar-refractivity contribution < 1.29 is 22.3 Å². The fraction of sp³-hybridized carbons (Fsp3) is 0. The van der Waals surface area contributed by atoms with Crippen molar-refractivity contribution in [3.63, 3.8) is 0 Å². The van der Waals surface area contributed by atoms with Gasteiger partial charge in [0.2, 0.25) is 0 Å². The molecule has 6 rings (SSSR count). The molecule has 0 radical (unpaired) electrons. The standard InChI is InChI=1S/C20H12FO4P/c21-26(22-15-9-1-5-13-6-2-10-16(23-26)19(13)15)24-17-11-3-7-14-8-4-12-18(25-26)20(14)17/h1-12H. The van der Waals surface area contributed by atoms with Crippen LogP contribution in [-0.4, -0.2) is 0 Å². The third-order valence-corrected chi connectivity index (χ3v) is 6.59. The monoisotopic (exact) mass is 366 g/mol. The Bertz CT molecular complexity index is 1050. The molecule has 0 fully saturated rings. The van der Waals surface area contributed by atoms with Gasteiger partial charge < -0.3 is 0 Å². The van der Waals surface area contributed by atoms with E-state index in [1.807, 2.05) is 24.3 Å². The molecule has 4 nitrogen and oxygen atoms in total. The molecule has 0 amide bonds. The Kier molecular flexibility index (Phi) is 2.38. The molecule has 0 aromatic heterocycles. The van der Waals surface area contributed by atoms with Crippen molar-refractivity contribution in [2.45, 2.75) is 0 Å². The summed E-state index contributed by atoms with van der Waals surface area (Å²) in [4.78, 5) is 0. The quantitative estimate of drug-likeness (QED) is 0.341. The van der Waals surface area contributed by atoms with Crippen LogP contribution in [0.25, 0.3) is 21.5 Å². The molecule has 2 heterocycles. The van der Waals surface area contributed by atoms with Crippen LogP contribution in [0.5, 0.6) is 23.0 Å². The molecule has 0 aliphatic carbocycles. The second-order valence-corrected chi connectivity index (χ2v) is 8.49. The van der Waals surface area contributed by atoms with Crippen molar-refractivity contribution in [1.29, 1.82) is 0 Å². The number of hydrogen-bond donors (Lipinski definition) is 0. The van der Waals surface area contributed by atoms with Gasteiger partial charge in [-0.15, -0.1) is 0 Å². The van der Waals surface area contributed by atoms with E-state index in [2.05, 4.69) is 0 Å². The van der Waals surface area contributed by atoms with Gasteiger partial charge >= 0.3 is 147 Å². The molecule has 0 saturated heterocycles. The normalized spacial score (nSPS) is 19.5. The molecule has 4 aromatic carbocycles. The fourth-order valence-corrected chi connectivity index (χ4v) is 5.69. The van der Waals surface area contributed by atoms with Crippen LogP contribution in [0.15, 0.2) is 72.8 Å². The predicted octanol–water partition coefficient (Wildman–Crippen LogP) is 6.33. The Labute approximate surface area is 148 Å². The molecule has 0 saturated carbocycles. The maximum atomic E-state index is 16.4. The molecule has 1 spiro atoms. The second kappa shape index (κ2) is 4.37. The molecule has 0 bridgehead atoms. The van der Waals surface area contributed by atoms with Crippen LogP contribution in [0, 0.1) is 0 Å². The van der Waals surface area contributed by atoms with E-state index in [-0.39, 0.29) is 0 Å². The summed E-state index contributed by atoms with van der Waals surface area (Å²) in [6.07, 6.45) is 0. The zero-order valence-electron chi connectivity index (χ0n) is 13.4. The third kappa shape index (κ3) is 1.76. The molecule has 26 heavy (non-hydrogen) atoms. The average molecular weight is 366 g/mol. The molecule has 0 atom stereocenters. The summed E-state index contributed by atoms with van der Waals surface area (Å²) in [6, 6.07) is 21.6. The van der Waals surface area contributed by atoms with Crippen LogP contribution in [0.1, 0.15) is 0 Å². The van der Waals surface area contributed by atoms with Crippen molar-refractivity contribution >= 4 is 29.4 Å². The molecular weight excluding hydrogens is 354 g/mol. The first-order chi connectivity index (χ1) is 12.6. The van der Waals surface area contributed by atoms with Gasteiger partial charge in [-0.3, -0.25) is 0 Å². The molecule has 4 aromatic rings. The third-order valence-electron chi connectivity index (χ3n) is 4.64. The Hall–Kier alpha value is -3.04. The fourth-order valence-electron chi connectivity index (χ4n) is 3.59. The van der Waals surface area contributed by atoms with Crippen LogP contribution in [-0.2, 0) is 0 Å². The molecular formula is C20H12FO4P. The number of halogens is 1. The molecule has 128 valence electrons. The first kappa shape index (κ1) is 14.2. The van der Waals surface area contributed by atoms with E-state index in [9.17, 15) is 0 Å². The summed E-state index contributed by atoms with van der Waals surface area (Å²) in [5.74, 6) is 1.37. The van der Waals surface area contributed by atoms with Gasteiger partial charge in [-0.25, -0.2) is 0 Å². The minimum atomic E-state index is -5.42. The Morgan fingerprint density at radius 1 is 0.500 bits per heavy atom. The molecule has 2 aliphatic heterocycles. The van der Waals surface area contributed by atoms with Gasteiger partial charge in [-0.05, 0) is 0 Å². The summed E-state index contributed by atoms with van der Waals surface area (Å²) in [6.45, 7) is 0. The van der Waals surface area contributed by atoms with E-state index in [1.165, 1.54) is 0 Å². The number of benzene rings is 4. The molecule has 6 heteroatoms. The van der Waals surface area contributed by atoms with Crippen molar-refractivity contribution in [3.8, 4) is 23.0 Å². The van der Waals surface area contributed by atoms with E-state index < -0.39 is 7.82 Å². The Balaban J connectivity index is 1.60. The van der Waals surface area contributed by atoms with Crippen molar-refractivity contribution in [3.05, 3.63) is 72.8 Å². The van der Waals surface area contributed by atoms with Crippen molar-refractivity contribution in [2.75, 3.05) is 0 Å². The summed E-state index contributed by atoms with van der Waals surface area (Å²) in [5, 5.41) is 3.19. The zero-order chi connectivity index (χ0) is 17.4. The van der Waals surface area contributed by atoms with Gasteiger partial charge in [0, 0.05) is 0 Å². The molecule has 2 aliphatic rings. The summed E-state index contributed by atoms with van der Waals surface area (Å²) in [5.41, 5.74) is 0. The van der Waals surface area contributed by atoms with E-state index in [4.69, 9.17) is 18.1 Å². The van der Waals surface area contributed by atoms with Crippen LogP contribution >= 0.6 is 7.82 Å². The van der Waals surface area contributed by atoms with Crippen molar-refractivity contribution in [2.24, 2.45) is 0 Å². The SMILES string of the molecule is FP12(Oc3cccc4cccc(c34)O1)Oc1cccc3cccc(c13)O2. The first-order valence-corrected chi connectivity index (χ1v) is 9.99. The van der Waals surface area contributed by atoms with E-state index in [1.54, 1.807) is 48.5 Å². The van der Waals surface area contributed by atoms with Crippen LogP contribution < -0.4 is 18.1 Å². The Morgan fingerprint density at radius 3 is 1.12 bits per heavy atom. The van der Waals surface area contributed by atoms with Gasteiger partial charge in [0.25, 0.3) is 0 Å². The minimum absolute atomic E-state index is 0.344. The number of rotatable bonds is 0. The maximum absolute atomic E-state index is 16.4. The Morgan fingerprint density at radius 2 is 0.808 bits per heavy atom. The average Bonchev–Trinajstić information content (AvgIpc) is 2.61. The second-order valence-electron chi connectivity index (χ2n) is 6.31. The topological polar surface area (TPSA) is 36.9 Å². The van der Waals surface area contributed by atoms with Gasteiger partial charge in [-0.1, -0.05) is 0 Å². The van der Waals surface area contributed by atoms with E-state index in [0.29, 0.717) is 33.8 Å². The van der Waals surface area contributed by atoms with Crippen LogP contribution in [0.2, 0.25) is 0 Å². The van der Waals surface area contributed by atoms with Crippen LogP contribution in [0.4, 0.5) is 4.20 Å². The summed E-state index contributed by atoms with van der Waals surface area (Å²) in [7, 11) is -5.42. The zero-order valence-corrected chi connectivity index (χ0v) is 14.3. The predicted molar refractivity (Wildman–Crippen MR) is 98.4 cm³/mol. The van der Waals surface area contributed by atoms with E-state index in [0.717, 1.165) is 10.8 Å². The van der Waals surface area contributed by atoms with Gasteiger partial charge in [0.05, 0.1) is 0 Å². The van der Waals surface area contributed by atoms with E-state index >= 15 is 4.20 Å². The summed E-state index contributed by atoms with van der Waals surface area (Å²) >= 11 is 0. The van der Waals surface area contributed by atoms with Crippen LogP contribution in [0.3, 0.4) is 0 Å². The van der Waals surface area contributed by atoms with Crippen molar-refractivity contribution in [1.82, 2.24) is 0 Å². The number of hydrogen-bond acceptors (Lipinski definition) is 4. The first-order valence-electron chi connectivity index (χ1n) is 8.19. The molecule has 0 N–H and O–H groups in total. The van der Waals surface area contributed by atoms with Gasteiger partial charge in [-0.2, -0.15) is 0 Å². The summed E-state index contributed by atoms with van der Waals surface area (Å²) < 4.78 is 39.2. The van der Waals surface area contributed by atoms with Gasteiger partial charge in [0.15, 0.2) is 0 Å².